The number of halogens is 3. The van der Waals surface area contributed by atoms with E-state index in [0.29, 0.717) is 11.1 Å². The molecule has 0 bridgehead atoms. The molecule has 2 rings (SSSR count). The summed E-state index contributed by atoms with van der Waals surface area (Å²) in [4.78, 5) is 0.781. The summed E-state index contributed by atoms with van der Waals surface area (Å²) >= 11 is 0. The minimum Gasteiger partial charge on any atom is -0.247 e. The van der Waals surface area contributed by atoms with E-state index in [2.05, 4.69) is 0 Å². The first-order chi connectivity index (χ1) is 11.8. The van der Waals surface area contributed by atoms with E-state index in [9.17, 15) is 21.6 Å². The van der Waals surface area contributed by atoms with E-state index in [1.165, 1.54) is 6.92 Å². The zero-order valence-corrected chi connectivity index (χ0v) is 16.5. The van der Waals surface area contributed by atoms with Crippen LogP contribution in [0.1, 0.15) is 18.1 Å². The second kappa shape index (κ2) is 6.90. The van der Waals surface area contributed by atoms with Gasteiger partial charge in [0.15, 0.2) is 0 Å². The van der Waals surface area contributed by atoms with Gasteiger partial charge in [-0.3, -0.25) is 0 Å². The van der Waals surface area contributed by atoms with Crippen LogP contribution in [-0.2, 0) is 19.9 Å². The van der Waals surface area contributed by atoms with Crippen LogP contribution < -0.4 is 0 Å². The average molecular weight is 406 g/mol. The molecule has 0 aliphatic rings. The van der Waals surface area contributed by atoms with Gasteiger partial charge in [0.2, 0.25) is 0 Å². The van der Waals surface area contributed by atoms with Crippen LogP contribution in [0.2, 0.25) is 0 Å². The third-order valence-electron chi connectivity index (χ3n) is 3.95. The van der Waals surface area contributed by atoms with Gasteiger partial charge in [-0.2, -0.15) is 21.6 Å². The van der Waals surface area contributed by atoms with Gasteiger partial charge in [0.25, 0.3) is 0 Å². The molecule has 0 spiro atoms. The highest BCUT2D eigenvalue weighted by Gasteiger charge is 2.52. The molecule has 0 aromatic heterocycles. The molecule has 2 aromatic carbocycles. The van der Waals surface area contributed by atoms with Crippen LogP contribution in [0.4, 0.5) is 13.2 Å². The molecular formula is C18H21F3O3S2. The van der Waals surface area contributed by atoms with E-state index < -0.39 is 31.3 Å². The zero-order chi connectivity index (χ0) is 19.8. The summed E-state index contributed by atoms with van der Waals surface area (Å²) in [6.07, 6.45) is 5.94. The van der Waals surface area contributed by atoms with E-state index in [-0.39, 0.29) is 0 Å². The predicted molar refractivity (Wildman–Crippen MR) is 99.0 cm³/mol. The number of hydrogen-bond donors (Lipinski definition) is 0. The molecule has 0 radical (unpaired) electrons. The number of benzene rings is 2. The molecule has 0 saturated carbocycles. The Kier molecular flexibility index (Phi) is 5.52. The first-order valence-corrected chi connectivity index (χ1v) is 11.9. The maximum absolute atomic E-state index is 13.0. The van der Waals surface area contributed by atoms with E-state index >= 15 is 0 Å². The molecule has 0 heterocycles. The van der Waals surface area contributed by atoms with E-state index in [1.807, 2.05) is 18.8 Å². The third kappa shape index (κ3) is 4.07. The first-order valence-electron chi connectivity index (χ1n) is 7.64. The van der Waals surface area contributed by atoms with Gasteiger partial charge in [0.05, 0.1) is 0 Å². The molecule has 8 heteroatoms. The summed E-state index contributed by atoms with van der Waals surface area (Å²) in [5.74, 6) is 0. The molecule has 0 aliphatic carbocycles. The van der Waals surface area contributed by atoms with Crippen LogP contribution >= 0.6 is 10.0 Å². The van der Waals surface area contributed by atoms with Crippen LogP contribution in [0.25, 0.3) is 0 Å². The lowest BCUT2D eigenvalue weighted by Crippen LogP contribution is -2.37. The van der Waals surface area contributed by atoms with Crippen molar-refractivity contribution in [2.45, 2.75) is 22.9 Å². The molecular weight excluding hydrogens is 385 g/mol. The molecule has 0 fully saturated rings. The molecule has 3 nitrogen and oxygen atoms in total. The Labute approximate surface area is 153 Å². The van der Waals surface area contributed by atoms with Crippen molar-refractivity contribution in [2.24, 2.45) is 0 Å². The Bertz CT molecular complexity index is 873. The van der Waals surface area contributed by atoms with Crippen molar-refractivity contribution in [1.29, 1.82) is 0 Å². The number of alkyl halides is 3. The minimum atomic E-state index is -5.80. The Morgan fingerprint density at radius 1 is 0.846 bits per heavy atom. The fourth-order valence-corrected chi connectivity index (χ4v) is 4.79. The Morgan fingerprint density at radius 3 is 1.85 bits per heavy atom. The van der Waals surface area contributed by atoms with Crippen molar-refractivity contribution < 1.29 is 25.8 Å². The first kappa shape index (κ1) is 20.8. The van der Waals surface area contributed by atoms with Gasteiger partial charge in [0.1, 0.15) is 5.60 Å². The summed E-state index contributed by atoms with van der Waals surface area (Å²) in [5.41, 5.74) is -6.59. The molecule has 0 N–H and O–H groups in total. The molecule has 1 unspecified atom stereocenters. The zero-order valence-electron chi connectivity index (χ0n) is 14.9. The Morgan fingerprint density at radius 2 is 1.35 bits per heavy atom. The standard InChI is InChI=1S/C18H21F3O3S2/c1-17(14-10-6-5-7-11-14,24-26(22,23)18(19,20)21)15-12-8-9-13-16(15)25(2,3)4/h5-13H,1-4H3. The highest BCUT2D eigenvalue weighted by atomic mass is 32.3. The highest BCUT2D eigenvalue weighted by Crippen LogP contribution is 2.52. The van der Waals surface area contributed by atoms with Gasteiger partial charge in [-0.1, -0.05) is 48.5 Å². The molecule has 1 atom stereocenters. The van der Waals surface area contributed by atoms with Gasteiger partial charge in [-0.15, -0.1) is 0 Å². The van der Waals surface area contributed by atoms with Gasteiger partial charge in [-0.05, 0) is 42.2 Å². The minimum absolute atomic E-state index is 0.323. The third-order valence-corrected chi connectivity index (χ3v) is 6.74. The molecule has 2 aromatic rings. The number of hydrogen-bond acceptors (Lipinski definition) is 3. The van der Waals surface area contributed by atoms with E-state index in [4.69, 9.17) is 4.18 Å². The number of rotatable bonds is 5. The second-order valence-electron chi connectivity index (χ2n) is 6.72. The normalized spacial score (nSPS) is 16.1. The SMILES string of the molecule is CC(OS(=O)(=O)C(F)(F)F)(c1ccccc1)c1ccccc1S(C)(C)C. The van der Waals surface area contributed by atoms with Crippen LogP contribution in [0.5, 0.6) is 0 Å². The van der Waals surface area contributed by atoms with Crippen molar-refractivity contribution in [3.8, 4) is 0 Å². The maximum atomic E-state index is 13.0. The summed E-state index contributed by atoms with van der Waals surface area (Å²) in [6.45, 7) is 1.36. The second-order valence-corrected chi connectivity index (χ2v) is 12.4. The largest absolute Gasteiger partial charge is 0.523 e. The fourth-order valence-electron chi connectivity index (χ4n) is 2.67. The van der Waals surface area contributed by atoms with E-state index in [0.717, 1.165) is 4.90 Å². The van der Waals surface area contributed by atoms with Crippen molar-refractivity contribution in [2.75, 3.05) is 18.8 Å². The highest BCUT2D eigenvalue weighted by molar-refractivity contribution is 8.32. The van der Waals surface area contributed by atoms with Gasteiger partial charge in [0, 0.05) is 5.56 Å². The van der Waals surface area contributed by atoms with Crippen LogP contribution in [0.3, 0.4) is 0 Å². The molecule has 0 aliphatic heterocycles. The molecule has 0 saturated heterocycles. The smallest absolute Gasteiger partial charge is 0.247 e. The molecule has 144 valence electrons. The lowest BCUT2D eigenvalue weighted by atomic mass is 9.88. The lowest BCUT2D eigenvalue weighted by Gasteiger charge is -2.37. The molecule has 26 heavy (non-hydrogen) atoms. The van der Waals surface area contributed by atoms with Crippen molar-refractivity contribution in [3.63, 3.8) is 0 Å². The quantitative estimate of drug-likeness (QED) is 0.526. The maximum Gasteiger partial charge on any atom is 0.523 e. The van der Waals surface area contributed by atoms with Crippen molar-refractivity contribution in [3.05, 3.63) is 65.7 Å². The molecule has 0 amide bonds. The topological polar surface area (TPSA) is 43.4 Å². The predicted octanol–water partition coefficient (Wildman–Crippen LogP) is 4.87. The van der Waals surface area contributed by atoms with Gasteiger partial charge < -0.3 is 0 Å². The van der Waals surface area contributed by atoms with Crippen molar-refractivity contribution in [1.82, 2.24) is 0 Å². The summed E-state index contributed by atoms with van der Waals surface area (Å²) < 4.78 is 67.6. The summed E-state index contributed by atoms with van der Waals surface area (Å²) in [5, 5.41) is 0. The Hall–Kier alpha value is -1.51. The summed E-state index contributed by atoms with van der Waals surface area (Å²) in [7, 11) is -7.18. The van der Waals surface area contributed by atoms with Crippen LogP contribution in [0.15, 0.2) is 59.5 Å². The monoisotopic (exact) mass is 406 g/mol. The Balaban J connectivity index is 2.77. The van der Waals surface area contributed by atoms with Crippen LogP contribution in [-0.4, -0.2) is 32.7 Å². The van der Waals surface area contributed by atoms with E-state index in [1.54, 1.807) is 54.6 Å². The lowest BCUT2D eigenvalue weighted by molar-refractivity contribution is -0.0615. The van der Waals surface area contributed by atoms with Crippen molar-refractivity contribution >= 4 is 20.1 Å². The van der Waals surface area contributed by atoms with Gasteiger partial charge in [-0.25, -0.2) is 14.2 Å². The van der Waals surface area contributed by atoms with Gasteiger partial charge >= 0.3 is 15.6 Å². The van der Waals surface area contributed by atoms with Crippen LogP contribution in [0, 0.1) is 0 Å². The average Bonchev–Trinajstić information content (AvgIpc) is 2.53. The fraction of sp³-hybridized carbons (Fsp3) is 0.333. The summed E-state index contributed by atoms with van der Waals surface area (Å²) in [6, 6.07) is 14.9.